The van der Waals surface area contributed by atoms with Crippen molar-refractivity contribution in [2.45, 2.75) is 11.8 Å². The summed E-state index contributed by atoms with van der Waals surface area (Å²) in [5.41, 5.74) is 5.83. The summed E-state index contributed by atoms with van der Waals surface area (Å²) in [6, 6.07) is 6.34. The highest BCUT2D eigenvalue weighted by molar-refractivity contribution is 7.89. The van der Waals surface area contributed by atoms with Crippen LogP contribution in [0.1, 0.15) is 6.92 Å². The first kappa shape index (κ1) is 13.0. The molecule has 16 heavy (non-hydrogen) atoms. The molecule has 0 aromatic heterocycles. The van der Waals surface area contributed by atoms with Crippen molar-refractivity contribution in [2.24, 2.45) is 0 Å². The lowest BCUT2D eigenvalue weighted by Crippen LogP contribution is -2.28. The monoisotopic (exact) mass is 244 g/mol. The van der Waals surface area contributed by atoms with Crippen LogP contribution >= 0.6 is 0 Å². The Morgan fingerprint density at radius 3 is 2.69 bits per heavy atom. The van der Waals surface area contributed by atoms with E-state index < -0.39 is 10.0 Å². The van der Waals surface area contributed by atoms with Crippen molar-refractivity contribution in [1.29, 1.82) is 0 Å². The van der Waals surface area contributed by atoms with E-state index in [1.165, 1.54) is 6.07 Å². The third-order valence-corrected chi connectivity index (χ3v) is 3.49. The predicted octanol–water partition coefficient (Wildman–Crippen LogP) is 0.584. The van der Waals surface area contributed by atoms with Gasteiger partial charge in [-0.15, -0.1) is 0 Å². The molecule has 1 rings (SSSR count). The molecule has 1 aromatic carbocycles. The van der Waals surface area contributed by atoms with Crippen molar-refractivity contribution in [3.05, 3.63) is 24.3 Å². The summed E-state index contributed by atoms with van der Waals surface area (Å²) >= 11 is 0. The van der Waals surface area contributed by atoms with Gasteiger partial charge in [0.2, 0.25) is 10.0 Å². The Kier molecular flexibility index (Phi) is 4.72. The van der Waals surface area contributed by atoms with Crippen molar-refractivity contribution in [3.8, 4) is 0 Å². The Morgan fingerprint density at radius 2 is 2.06 bits per heavy atom. The summed E-state index contributed by atoms with van der Waals surface area (Å²) < 4.78 is 31.0. The number of ether oxygens (including phenoxy) is 1. The molecule has 6 heteroatoms. The molecule has 0 bridgehead atoms. The van der Waals surface area contributed by atoms with Crippen LogP contribution in [0.2, 0.25) is 0 Å². The molecular weight excluding hydrogens is 228 g/mol. The summed E-state index contributed by atoms with van der Waals surface area (Å²) in [6.07, 6.45) is 0. The standard InChI is InChI=1S/C10H16N2O3S/c1-2-15-8-7-12-16(13,14)10-6-4-3-5-9(10)11/h3-6,12H,2,7-8,11H2,1H3. The number of nitrogen functional groups attached to an aromatic ring is 1. The van der Waals surface area contributed by atoms with Crippen LogP contribution in [0.4, 0.5) is 5.69 Å². The van der Waals surface area contributed by atoms with Crippen LogP contribution in [0.15, 0.2) is 29.2 Å². The molecule has 5 nitrogen and oxygen atoms in total. The van der Waals surface area contributed by atoms with Gasteiger partial charge in [0.1, 0.15) is 4.90 Å². The maximum atomic E-state index is 11.8. The van der Waals surface area contributed by atoms with Crippen molar-refractivity contribution < 1.29 is 13.2 Å². The molecule has 0 saturated carbocycles. The van der Waals surface area contributed by atoms with Crippen LogP contribution in [-0.4, -0.2) is 28.2 Å². The Morgan fingerprint density at radius 1 is 1.38 bits per heavy atom. The Labute approximate surface area is 95.7 Å². The summed E-state index contributed by atoms with van der Waals surface area (Å²) in [4.78, 5) is 0.103. The zero-order valence-corrected chi connectivity index (χ0v) is 9.96. The van der Waals surface area contributed by atoms with Gasteiger partial charge >= 0.3 is 0 Å². The van der Waals surface area contributed by atoms with Gasteiger partial charge in [-0.2, -0.15) is 0 Å². The van der Waals surface area contributed by atoms with Gasteiger partial charge in [-0.25, -0.2) is 13.1 Å². The van der Waals surface area contributed by atoms with Gasteiger partial charge in [-0.3, -0.25) is 0 Å². The fourth-order valence-electron chi connectivity index (χ4n) is 1.20. The Hall–Kier alpha value is -1.11. The molecule has 0 heterocycles. The zero-order valence-electron chi connectivity index (χ0n) is 9.14. The zero-order chi connectivity index (χ0) is 12.0. The van der Waals surface area contributed by atoms with E-state index in [1.54, 1.807) is 18.2 Å². The lowest BCUT2D eigenvalue weighted by atomic mass is 10.3. The minimum atomic E-state index is -3.53. The van der Waals surface area contributed by atoms with E-state index in [9.17, 15) is 8.42 Å². The lowest BCUT2D eigenvalue weighted by Gasteiger charge is -2.08. The van der Waals surface area contributed by atoms with Gasteiger partial charge in [-0.05, 0) is 19.1 Å². The van der Waals surface area contributed by atoms with Crippen LogP contribution in [0.3, 0.4) is 0 Å². The number of nitrogens with two attached hydrogens (primary N) is 1. The van der Waals surface area contributed by atoms with E-state index in [0.717, 1.165) is 0 Å². The second kappa shape index (κ2) is 5.83. The summed E-state index contributed by atoms with van der Waals surface area (Å²) in [5, 5.41) is 0. The first-order valence-electron chi connectivity index (χ1n) is 5.00. The van der Waals surface area contributed by atoms with Gasteiger partial charge in [0.15, 0.2) is 0 Å². The molecule has 0 atom stereocenters. The SMILES string of the molecule is CCOCCNS(=O)(=O)c1ccccc1N. The summed E-state index contributed by atoms with van der Waals surface area (Å²) in [5.74, 6) is 0. The van der Waals surface area contributed by atoms with Crippen LogP contribution in [0, 0.1) is 0 Å². The van der Waals surface area contributed by atoms with E-state index in [-0.39, 0.29) is 17.1 Å². The van der Waals surface area contributed by atoms with E-state index in [2.05, 4.69) is 4.72 Å². The van der Waals surface area contributed by atoms with Crippen LogP contribution in [0.5, 0.6) is 0 Å². The van der Waals surface area contributed by atoms with Gasteiger partial charge in [0, 0.05) is 13.2 Å². The first-order valence-corrected chi connectivity index (χ1v) is 6.48. The Bertz CT molecular complexity index is 431. The molecular formula is C10H16N2O3S. The maximum Gasteiger partial charge on any atom is 0.242 e. The smallest absolute Gasteiger partial charge is 0.242 e. The topological polar surface area (TPSA) is 81.4 Å². The number of anilines is 1. The van der Waals surface area contributed by atoms with Crippen molar-refractivity contribution in [1.82, 2.24) is 4.72 Å². The molecule has 0 aliphatic carbocycles. The second-order valence-corrected chi connectivity index (χ2v) is 4.87. The van der Waals surface area contributed by atoms with E-state index in [1.807, 2.05) is 6.92 Å². The third-order valence-electron chi connectivity index (χ3n) is 1.95. The highest BCUT2D eigenvalue weighted by atomic mass is 32.2. The number of nitrogens with one attached hydrogen (secondary N) is 1. The predicted molar refractivity (Wildman–Crippen MR) is 62.5 cm³/mol. The van der Waals surface area contributed by atoms with E-state index >= 15 is 0 Å². The molecule has 1 aromatic rings. The fraction of sp³-hybridized carbons (Fsp3) is 0.400. The number of para-hydroxylation sites is 1. The fourth-order valence-corrected chi connectivity index (χ4v) is 2.34. The summed E-state index contributed by atoms with van der Waals surface area (Å²) in [6.45, 7) is 3.01. The van der Waals surface area contributed by atoms with Crippen molar-refractivity contribution in [2.75, 3.05) is 25.5 Å². The minimum Gasteiger partial charge on any atom is -0.398 e. The molecule has 90 valence electrons. The molecule has 0 spiro atoms. The van der Waals surface area contributed by atoms with Crippen molar-refractivity contribution >= 4 is 15.7 Å². The number of sulfonamides is 1. The molecule has 0 saturated heterocycles. The van der Waals surface area contributed by atoms with Crippen LogP contribution < -0.4 is 10.5 Å². The maximum absolute atomic E-state index is 11.8. The molecule has 0 fully saturated rings. The normalized spacial score (nSPS) is 11.6. The highest BCUT2D eigenvalue weighted by Crippen LogP contribution is 2.16. The first-order chi connectivity index (χ1) is 7.58. The van der Waals surface area contributed by atoms with E-state index in [4.69, 9.17) is 10.5 Å². The van der Waals surface area contributed by atoms with E-state index in [0.29, 0.717) is 13.2 Å². The highest BCUT2D eigenvalue weighted by Gasteiger charge is 2.15. The molecule has 3 N–H and O–H groups in total. The molecule has 0 aliphatic rings. The quantitative estimate of drug-likeness (QED) is 0.566. The molecule has 0 aliphatic heterocycles. The molecule has 0 radical (unpaired) electrons. The van der Waals surface area contributed by atoms with Gasteiger partial charge in [0.25, 0.3) is 0 Å². The van der Waals surface area contributed by atoms with Gasteiger partial charge in [-0.1, -0.05) is 12.1 Å². The number of benzene rings is 1. The lowest BCUT2D eigenvalue weighted by molar-refractivity contribution is 0.153. The number of hydrogen-bond acceptors (Lipinski definition) is 4. The third kappa shape index (κ3) is 3.48. The van der Waals surface area contributed by atoms with Gasteiger partial charge in [0.05, 0.1) is 12.3 Å². The molecule has 0 amide bonds. The molecule has 0 unspecified atom stereocenters. The average molecular weight is 244 g/mol. The second-order valence-electron chi connectivity index (χ2n) is 3.13. The average Bonchev–Trinajstić information content (AvgIpc) is 2.25. The number of hydrogen-bond donors (Lipinski definition) is 2. The van der Waals surface area contributed by atoms with Crippen molar-refractivity contribution in [3.63, 3.8) is 0 Å². The number of rotatable bonds is 6. The van der Waals surface area contributed by atoms with Crippen LogP contribution in [-0.2, 0) is 14.8 Å². The van der Waals surface area contributed by atoms with Gasteiger partial charge < -0.3 is 10.5 Å². The largest absolute Gasteiger partial charge is 0.398 e. The summed E-state index contributed by atoms with van der Waals surface area (Å²) in [7, 11) is -3.53. The minimum absolute atomic E-state index is 0.103. The van der Waals surface area contributed by atoms with Crippen LogP contribution in [0.25, 0.3) is 0 Å². The Balaban J connectivity index is 2.68.